The molecule has 0 fully saturated rings. The van der Waals surface area contributed by atoms with E-state index in [0.717, 1.165) is 35.9 Å². The Balaban J connectivity index is 1.73. The molecule has 22 heavy (non-hydrogen) atoms. The highest BCUT2D eigenvalue weighted by atomic mass is 32.2. The number of pyridine rings is 1. The summed E-state index contributed by atoms with van der Waals surface area (Å²) in [5.41, 5.74) is 1.28. The third-order valence-corrected chi connectivity index (χ3v) is 4.14. The fraction of sp³-hybridized carbons (Fsp3) is 0.353. The fourth-order valence-corrected chi connectivity index (χ4v) is 2.74. The van der Waals surface area contributed by atoms with Crippen LogP contribution in [0, 0.1) is 0 Å². The van der Waals surface area contributed by atoms with Gasteiger partial charge >= 0.3 is 0 Å². The van der Waals surface area contributed by atoms with E-state index in [1.807, 2.05) is 30.3 Å². The summed E-state index contributed by atoms with van der Waals surface area (Å²) in [6.45, 7) is 2.22. The van der Waals surface area contributed by atoms with E-state index in [-0.39, 0.29) is 11.0 Å². The van der Waals surface area contributed by atoms with E-state index < -0.39 is 0 Å². The lowest BCUT2D eigenvalue weighted by molar-refractivity contribution is -0.109. The Labute approximate surface area is 134 Å². The lowest BCUT2D eigenvalue weighted by Gasteiger charge is -2.05. The molecule has 0 spiro atoms. The van der Waals surface area contributed by atoms with Crippen molar-refractivity contribution >= 4 is 33.7 Å². The fourth-order valence-electron chi connectivity index (χ4n) is 2.10. The van der Waals surface area contributed by atoms with Crippen LogP contribution in [-0.2, 0) is 4.79 Å². The standard InChI is InChI=1S/C17H20N2O2S/c1-13(20)22-12-6-2-5-11-18-17(21)16-10-9-14-7-3-4-8-15(14)19-16/h3-4,7-10H,2,5-6,11-12H2,1H3,(H,18,21). The van der Waals surface area contributed by atoms with Crippen molar-refractivity contribution in [2.45, 2.75) is 26.2 Å². The minimum atomic E-state index is -0.135. The van der Waals surface area contributed by atoms with Gasteiger partial charge in [0, 0.05) is 24.6 Å². The highest BCUT2D eigenvalue weighted by Gasteiger charge is 2.07. The van der Waals surface area contributed by atoms with Crippen molar-refractivity contribution in [3.05, 3.63) is 42.1 Å². The zero-order chi connectivity index (χ0) is 15.8. The van der Waals surface area contributed by atoms with Gasteiger partial charge in [-0.25, -0.2) is 4.98 Å². The predicted octanol–water partition coefficient (Wildman–Crippen LogP) is 3.41. The number of carbonyl (C=O) groups is 2. The van der Waals surface area contributed by atoms with Gasteiger partial charge in [0.05, 0.1) is 5.52 Å². The molecule has 0 unspecified atom stereocenters. The van der Waals surface area contributed by atoms with Crippen molar-refractivity contribution in [1.29, 1.82) is 0 Å². The van der Waals surface area contributed by atoms with E-state index in [2.05, 4.69) is 10.3 Å². The molecule has 0 aliphatic heterocycles. The molecule has 1 aromatic heterocycles. The number of benzene rings is 1. The maximum Gasteiger partial charge on any atom is 0.269 e. The quantitative estimate of drug-likeness (QED) is 0.795. The highest BCUT2D eigenvalue weighted by Crippen LogP contribution is 2.11. The molecule has 2 aromatic rings. The molecular weight excluding hydrogens is 296 g/mol. The number of hydrogen-bond acceptors (Lipinski definition) is 4. The third kappa shape index (κ3) is 5.15. The zero-order valence-corrected chi connectivity index (χ0v) is 13.5. The van der Waals surface area contributed by atoms with Crippen molar-refractivity contribution in [1.82, 2.24) is 10.3 Å². The number of hydrogen-bond donors (Lipinski definition) is 1. The average Bonchev–Trinajstić information content (AvgIpc) is 2.53. The normalized spacial score (nSPS) is 10.6. The van der Waals surface area contributed by atoms with Gasteiger partial charge < -0.3 is 5.32 Å². The van der Waals surface area contributed by atoms with Crippen LogP contribution < -0.4 is 5.32 Å². The van der Waals surface area contributed by atoms with Crippen molar-refractivity contribution in [2.75, 3.05) is 12.3 Å². The van der Waals surface area contributed by atoms with Crippen LogP contribution in [0.1, 0.15) is 36.7 Å². The molecule has 0 saturated heterocycles. The molecule has 116 valence electrons. The third-order valence-electron chi connectivity index (χ3n) is 3.24. The number of aromatic nitrogens is 1. The Kier molecular flexibility index (Phi) is 6.40. The maximum absolute atomic E-state index is 12.0. The van der Waals surface area contributed by atoms with E-state index >= 15 is 0 Å². The van der Waals surface area contributed by atoms with Crippen LogP contribution in [0.4, 0.5) is 0 Å². The second-order valence-corrected chi connectivity index (χ2v) is 6.32. The first-order valence-corrected chi connectivity index (χ1v) is 8.43. The monoisotopic (exact) mass is 316 g/mol. The first-order chi connectivity index (χ1) is 10.7. The van der Waals surface area contributed by atoms with Crippen molar-refractivity contribution in [3.63, 3.8) is 0 Å². The summed E-state index contributed by atoms with van der Waals surface area (Å²) in [4.78, 5) is 27.2. The second kappa shape index (κ2) is 8.54. The summed E-state index contributed by atoms with van der Waals surface area (Å²) < 4.78 is 0. The molecule has 1 N–H and O–H groups in total. The van der Waals surface area contributed by atoms with E-state index in [1.165, 1.54) is 11.8 Å². The molecule has 0 saturated carbocycles. The number of para-hydroxylation sites is 1. The SMILES string of the molecule is CC(=O)SCCCCCNC(=O)c1ccc2ccccc2n1. The number of nitrogens with one attached hydrogen (secondary N) is 1. The lowest BCUT2D eigenvalue weighted by atomic mass is 10.2. The molecule has 2 rings (SSSR count). The van der Waals surface area contributed by atoms with Gasteiger partial charge in [0.1, 0.15) is 5.69 Å². The zero-order valence-electron chi connectivity index (χ0n) is 12.7. The molecule has 0 aliphatic carbocycles. The molecule has 0 radical (unpaired) electrons. The van der Waals surface area contributed by atoms with Gasteiger partial charge in [0.15, 0.2) is 5.12 Å². The summed E-state index contributed by atoms with van der Waals surface area (Å²) in [5, 5.41) is 4.08. The highest BCUT2D eigenvalue weighted by molar-refractivity contribution is 8.13. The van der Waals surface area contributed by atoms with Gasteiger partial charge in [-0.1, -0.05) is 42.4 Å². The van der Waals surface area contributed by atoms with Crippen LogP contribution in [0.5, 0.6) is 0 Å². The number of rotatable bonds is 7. The average molecular weight is 316 g/mol. The maximum atomic E-state index is 12.0. The Hall–Kier alpha value is -1.88. The van der Waals surface area contributed by atoms with Gasteiger partial charge in [-0.05, 0) is 25.0 Å². The van der Waals surface area contributed by atoms with Gasteiger partial charge in [-0.2, -0.15) is 0 Å². The molecule has 0 atom stereocenters. The molecule has 1 aromatic carbocycles. The number of unbranched alkanes of at least 4 members (excludes halogenated alkanes) is 2. The molecule has 0 aliphatic rings. The number of thioether (sulfide) groups is 1. The largest absolute Gasteiger partial charge is 0.351 e. The minimum Gasteiger partial charge on any atom is -0.351 e. The first kappa shape index (κ1) is 16.5. The van der Waals surface area contributed by atoms with E-state index in [1.54, 1.807) is 13.0 Å². The summed E-state index contributed by atoms with van der Waals surface area (Å²) in [6.07, 6.45) is 2.91. The van der Waals surface area contributed by atoms with Gasteiger partial charge in [0.2, 0.25) is 0 Å². The van der Waals surface area contributed by atoms with Crippen LogP contribution in [0.25, 0.3) is 10.9 Å². The Morgan fingerprint density at radius 3 is 2.73 bits per heavy atom. The smallest absolute Gasteiger partial charge is 0.269 e. The Bertz CT molecular complexity index is 658. The topological polar surface area (TPSA) is 59.1 Å². The lowest BCUT2D eigenvalue weighted by Crippen LogP contribution is -2.25. The van der Waals surface area contributed by atoms with E-state index in [4.69, 9.17) is 0 Å². The van der Waals surface area contributed by atoms with E-state index in [0.29, 0.717) is 12.2 Å². The Morgan fingerprint density at radius 2 is 1.91 bits per heavy atom. The van der Waals surface area contributed by atoms with Crippen LogP contribution in [0.15, 0.2) is 36.4 Å². The van der Waals surface area contributed by atoms with Crippen LogP contribution in [-0.4, -0.2) is 28.3 Å². The molecule has 0 bridgehead atoms. The molecule has 4 nitrogen and oxygen atoms in total. The van der Waals surface area contributed by atoms with Crippen LogP contribution >= 0.6 is 11.8 Å². The Morgan fingerprint density at radius 1 is 1.09 bits per heavy atom. The minimum absolute atomic E-state index is 0.135. The van der Waals surface area contributed by atoms with Crippen LogP contribution in [0.2, 0.25) is 0 Å². The van der Waals surface area contributed by atoms with Gasteiger partial charge in [-0.15, -0.1) is 0 Å². The number of fused-ring (bicyclic) bond motifs is 1. The first-order valence-electron chi connectivity index (χ1n) is 7.44. The molecular formula is C17H20N2O2S. The number of amides is 1. The van der Waals surface area contributed by atoms with Crippen LogP contribution in [0.3, 0.4) is 0 Å². The summed E-state index contributed by atoms with van der Waals surface area (Å²) in [6, 6.07) is 11.4. The molecule has 5 heteroatoms. The molecule has 1 heterocycles. The number of carbonyl (C=O) groups excluding carboxylic acids is 2. The number of nitrogens with zero attached hydrogens (tertiary/aromatic N) is 1. The predicted molar refractivity (Wildman–Crippen MR) is 91.1 cm³/mol. The summed E-state index contributed by atoms with van der Waals surface area (Å²) in [7, 11) is 0. The van der Waals surface area contributed by atoms with Crippen molar-refractivity contribution in [3.8, 4) is 0 Å². The van der Waals surface area contributed by atoms with E-state index in [9.17, 15) is 9.59 Å². The van der Waals surface area contributed by atoms with Crippen molar-refractivity contribution < 1.29 is 9.59 Å². The van der Waals surface area contributed by atoms with Crippen molar-refractivity contribution in [2.24, 2.45) is 0 Å². The van der Waals surface area contributed by atoms with Gasteiger partial charge in [0.25, 0.3) is 5.91 Å². The summed E-state index contributed by atoms with van der Waals surface area (Å²) >= 11 is 1.36. The van der Waals surface area contributed by atoms with Gasteiger partial charge in [-0.3, -0.25) is 9.59 Å². The molecule has 1 amide bonds. The second-order valence-electron chi connectivity index (χ2n) is 5.05. The summed E-state index contributed by atoms with van der Waals surface area (Å²) in [5.74, 6) is 0.721.